The van der Waals surface area contributed by atoms with E-state index in [2.05, 4.69) is 31.3 Å². The van der Waals surface area contributed by atoms with Crippen molar-refractivity contribution in [3.8, 4) is 0 Å². The van der Waals surface area contributed by atoms with Crippen LogP contribution in [0.2, 0.25) is 0 Å². The van der Waals surface area contributed by atoms with Gasteiger partial charge < -0.3 is 5.32 Å². The van der Waals surface area contributed by atoms with Gasteiger partial charge in [-0.25, -0.2) is 8.42 Å². The molecule has 1 aliphatic heterocycles. The maximum Gasteiger partial charge on any atom is 0.151 e. The van der Waals surface area contributed by atoms with E-state index in [9.17, 15) is 8.42 Å². The molecular weight excluding hydrogens is 246 g/mol. The Morgan fingerprint density at radius 2 is 2.06 bits per heavy atom. The lowest BCUT2D eigenvalue weighted by Gasteiger charge is -2.27. The number of sulfone groups is 1. The van der Waals surface area contributed by atoms with Crippen LogP contribution in [0.5, 0.6) is 0 Å². The van der Waals surface area contributed by atoms with E-state index in [0.717, 1.165) is 12.8 Å². The van der Waals surface area contributed by atoms with Gasteiger partial charge in [0.05, 0.1) is 11.5 Å². The van der Waals surface area contributed by atoms with Gasteiger partial charge in [-0.05, 0) is 37.8 Å². The van der Waals surface area contributed by atoms with Crippen molar-refractivity contribution in [2.45, 2.75) is 38.8 Å². The molecular formula is C14H21NO2S. The van der Waals surface area contributed by atoms with E-state index >= 15 is 0 Å². The third-order valence-electron chi connectivity index (χ3n) is 3.60. The molecule has 2 atom stereocenters. The summed E-state index contributed by atoms with van der Waals surface area (Å²) >= 11 is 0. The van der Waals surface area contributed by atoms with Crippen LogP contribution in [-0.2, 0) is 9.84 Å². The maximum atomic E-state index is 11.6. The first kappa shape index (κ1) is 13.6. The van der Waals surface area contributed by atoms with Crippen LogP contribution in [0.15, 0.2) is 24.3 Å². The predicted octanol–water partition coefficient (Wildman–Crippen LogP) is 2.22. The third-order valence-corrected chi connectivity index (χ3v) is 5.42. The molecule has 1 aliphatic rings. The van der Waals surface area contributed by atoms with Gasteiger partial charge in [-0.1, -0.05) is 24.3 Å². The molecule has 3 nitrogen and oxygen atoms in total. The van der Waals surface area contributed by atoms with Gasteiger partial charge in [0.25, 0.3) is 0 Å². The Bertz CT molecular complexity index is 510. The van der Waals surface area contributed by atoms with Gasteiger partial charge >= 0.3 is 0 Å². The summed E-state index contributed by atoms with van der Waals surface area (Å²) in [5, 5.41) is 3.45. The molecule has 1 saturated heterocycles. The summed E-state index contributed by atoms with van der Waals surface area (Å²) in [6, 6.07) is 8.53. The standard InChI is InChI=1S/C14H21NO2S/c1-11-6-3-4-8-14(11)12(2)15-13-7-5-9-18(16,17)10-13/h3-4,6,8,12-13,15H,5,7,9-10H2,1-2H3/t12-,13?/m0/s1. The van der Waals surface area contributed by atoms with Gasteiger partial charge in [-0.15, -0.1) is 0 Å². The fourth-order valence-corrected chi connectivity index (χ4v) is 4.32. The molecule has 0 bridgehead atoms. The highest BCUT2D eigenvalue weighted by atomic mass is 32.2. The lowest BCUT2D eigenvalue weighted by molar-refractivity contribution is 0.436. The van der Waals surface area contributed by atoms with Crippen LogP contribution in [0.4, 0.5) is 0 Å². The van der Waals surface area contributed by atoms with Crippen molar-refractivity contribution in [3.63, 3.8) is 0 Å². The number of rotatable bonds is 3. The molecule has 1 N–H and O–H groups in total. The largest absolute Gasteiger partial charge is 0.306 e. The minimum Gasteiger partial charge on any atom is -0.306 e. The predicted molar refractivity (Wildman–Crippen MR) is 74.4 cm³/mol. The van der Waals surface area contributed by atoms with Crippen LogP contribution in [0.25, 0.3) is 0 Å². The van der Waals surface area contributed by atoms with E-state index in [-0.39, 0.29) is 17.8 Å². The van der Waals surface area contributed by atoms with Crippen molar-refractivity contribution in [2.24, 2.45) is 0 Å². The van der Waals surface area contributed by atoms with Crippen LogP contribution in [-0.4, -0.2) is 26.0 Å². The Hall–Kier alpha value is -0.870. The maximum absolute atomic E-state index is 11.6. The van der Waals surface area contributed by atoms with Crippen molar-refractivity contribution in [1.29, 1.82) is 0 Å². The minimum atomic E-state index is -2.83. The fraction of sp³-hybridized carbons (Fsp3) is 0.571. The number of benzene rings is 1. The first-order valence-electron chi connectivity index (χ1n) is 6.50. The van der Waals surface area contributed by atoms with Crippen molar-refractivity contribution < 1.29 is 8.42 Å². The summed E-state index contributed by atoms with van der Waals surface area (Å²) in [4.78, 5) is 0. The average molecular weight is 267 g/mol. The summed E-state index contributed by atoms with van der Waals surface area (Å²) in [5.74, 6) is 0.632. The van der Waals surface area contributed by atoms with E-state index in [1.165, 1.54) is 11.1 Å². The minimum absolute atomic E-state index is 0.0957. The molecule has 0 aromatic heterocycles. The third kappa shape index (κ3) is 3.33. The van der Waals surface area contributed by atoms with Crippen LogP contribution >= 0.6 is 0 Å². The zero-order chi connectivity index (χ0) is 13.2. The molecule has 1 fully saturated rings. The molecule has 0 amide bonds. The quantitative estimate of drug-likeness (QED) is 0.913. The average Bonchev–Trinajstić information content (AvgIpc) is 2.28. The molecule has 100 valence electrons. The second-order valence-electron chi connectivity index (χ2n) is 5.20. The molecule has 0 spiro atoms. The highest BCUT2D eigenvalue weighted by Crippen LogP contribution is 2.20. The van der Waals surface area contributed by atoms with Gasteiger partial charge in [0.1, 0.15) is 0 Å². The summed E-state index contributed by atoms with van der Waals surface area (Å²) in [7, 11) is -2.83. The number of hydrogen-bond acceptors (Lipinski definition) is 3. The summed E-state index contributed by atoms with van der Waals surface area (Å²) in [6.45, 7) is 4.19. The number of nitrogens with one attached hydrogen (secondary N) is 1. The van der Waals surface area contributed by atoms with Gasteiger partial charge in [-0.2, -0.15) is 0 Å². The Kier molecular flexibility index (Phi) is 4.07. The SMILES string of the molecule is Cc1ccccc1[C@H](C)NC1CCCS(=O)(=O)C1. The Labute approximate surface area is 110 Å². The highest BCUT2D eigenvalue weighted by Gasteiger charge is 2.25. The Morgan fingerprint density at radius 1 is 1.33 bits per heavy atom. The molecule has 0 radical (unpaired) electrons. The van der Waals surface area contributed by atoms with Gasteiger partial charge in [0.15, 0.2) is 9.84 Å². The topological polar surface area (TPSA) is 46.2 Å². The first-order chi connectivity index (χ1) is 8.48. The second kappa shape index (κ2) is 5.41. The van der Waals surface area contributed by atoms with E-state index in [1.807, 2.05) is 12.1 Å². The first-order valence-corrected chi connectivity index (χ1v) is 8.32. The number of hydrogen-bond donors (Lipinski definition) is 1. The summed E-state index contributed by atoms with van der Waals surface area (Å²) < 4.78 is 23.2. The monoisotopic (exact) mass is 267 g/mol. The Balaban J connectivity index is 2.04. The second-order valence-corrected chi connectivity index (χ2v) is 7.43. The fourth-order valence-electron chi connectivity index (χ4n) is 2.67. The van der Waals surface area contributed by atoms with E-state index in [1.54, 1.807) is 0 Å². The molecule has 1 unspecified atom stereocenters. The zero-order valence-electron chi connectivity index (χ0n) is 11.0. The highest BCUT2D eigenvalue weighted by molar-refractivity contribution is 7.91. The smallest absolute Gasteiger partial charge is 0.151 e. The normalized spacial score (nSPS) is 24.7. The summed E-state index contributed by atoms with van der Waals surface area (Å²) in [6.07, 6.45) is 1.73. The van der Waals surface area contributed by atoms with Crippen molar-refractivity contribution in [3.05, 3.63) is 35.4 Å². The molecule has 4 heteroatoms. The lowest BCUT2D eigenvalue weighted by Crippen LogP contribution is -2.41. The van der Waals surface area contributed by atoms with E-state index < -0.39 is 9.84 Å². The number of aryl methyl sites for hydroxylation is 1. The van der Waals surface area contributed by atoms with E-state index in [0.29, 0.717) is 5.75 Å². The van der Waals surface area contributed by atoms with Crippen LogP contribution in [0, 0.1) is 6.92 Å². The van der Waals surface area contributed by atoms with Crippen molar-refractivity contribution in [2.75, 3.05) is 11.5 Å². The lowest BCUT2D eigenvalue weighted by atomic mass is 10.0. The molecule has 1 aromatic carbocycles. The van der Waals surface area contributed by atoms with E-state index in [4.69, 9.17) is 0 Å². The van der Waals surface area contributed by atoms with Gasteiger partial charge in [0, 0.05) is 12.1 Å². The summed E-state index contributed by atoms with van der Waals surface area (Å²) in [5.41, 5.74) is 2.50. The van der Waals surface area contributed by atoms with Gasteiger partial charge in [-0.3, -0.25) is 0 Å². The molecule has 0 aliphatic carbocycles. The molecule has 1 heterocycles. The Morgan fingerprint density at radius 3 is 2.72 bits per heavy atom. The van der Waals surface area contributed by atoms with Crippen LogP contribution in [0.1, 0.15) is 36.9 Å². The molecule has 0 saturated carbocycles. The molecule has 18 heavy (non-hydrogen) atoms. The van der Waals surface area contributed by atoms with Crippen molar-refractivity contribution in [1.82, 2.24) is 5.32 Å². The van der Waals surface area contributed by atoms with Crippen LogP contribution < -0.4 is 5.32 Å². The molecule has 1 aromatic rings. The van der Waals surface area contributed by atoms with Crippen LogP contribution in [0.3, 0.4) is 0 Å². The van der Waals surface area contributed by atoms with Gasteiger partial charge in [0.2, 0.25) is 0 Å². The molecule has 2 rings (SSSR count). The van der Waals surface area contributed by atoms with Crippen molar-refractivity contribution >= 4 is 9.84 Å². The zero-order valence-corrected chi connectivity index (χ0v) is 11.8.